The number of alkyl halides is 1. The van der Waals surface area contributed by atoms with Crippen molar-refractivity contribution < 1.29 is 4.39 Å². The topological polar surface area (TPSA) is 0 Å². The zero-order valence-corrected chi connectivity index (χ0v) is 11.1. The zero-order valence-electron chi connectivity index (χ0n) is 11.1. The third-order valence-corrected chi connectivity index (χ3v) is 4.54. The molecule has 0 saturated carbocycles. The molecule has 0 rings (SSSR count). The van der Waals surface area contributed by atoms with E-state index in [4.69, 9.17) is 0 Å². The third kappa shape index (κ3) is 1.97. The van der Waals surface area contributed by atoms with Gasteiger partial charge in [0.15, 0.2) is 0 Å². The third-order valence-electron chi connectivity index (χ3n) is 4.54. The van der Waals surface area contributed by atoms with Crippen LogP contribution in [-0.2, 0) is 0 Å². The summed E-state index contributed by atoms with van der Waals surface area (Å²) in [6.45, 7) is 16.3. The molecular formula is C13H27F. The molecule has 0 bridgehead atoms. The Kier molecular flexibility index (Phi) is 4.18. The molecule has 0 N–H and O–H groups in total. The molecule has 0 radical (unpaired) electrons. The highest BCUT2D eigenvalue weighted by atomic mass is 19.1. The van der Waals surface area contributed by atoms with Gasteiger partial charge in [0.25, 0.3) is 0 Å². The molecule has 0 aromatic carbocycles. The van der Waals surface area contributed by atoms with Gasteiger partial charge in [-0.25, -0.2) is 4.39 Å². The van der Waals surface area contributed by atoms with Gasteiger partial charge in [0.05, 0.1) is 0 Å². The Balaban J connectivity index is 5.21. The van der Waals surface area contributed by atoms with E-state index in [1.54, 1.807) is 6.92 Å². The molecule has 0 unspecified atom stereocenters. The minimum absolute atomic E-state index is 0.0669. The van der Waals surface area contributed by atoms with Gasteiger partial charge in [-0.05, 0) is 24.7 Å². The van der Waals surface area contributed by atoms with Gasteiger partial charge in [-0.3, -0.25) is 0 Å². The highest BCUT2D eigenvalue weighted by Gasteiger charge is 2.50. The minimum Gasteiger partial charge on any atom is -0.243 e. The van der Waals surface area contributed by atoms with Gasteiger partial charge in [0.2, 0.25) is 0 Å². The fourth-order valence-electron chi connectivity index (χ4n) is 2.42. The van der Waals surface area contributed by atoms with E-state index >= 15 is 0 Å². The summed E-state index contributed by atoms with van der Waals surface area (Å²) >= 11 is 0. The van der Waals surface area contributed by atoms with Crippen molar-refractivity contribution in [2.75, 3.05) is 0 Å². The molecular weight excluding hydrogens is 175 g/mol. The first-order chi connectivity index (χ1) is 6.08. The Bertz CT molecular complexity index is 170. The van der Waals surface area contributed by atoms with Gasteiger partial charge >= 0.3 is 0 Å². The van der Waals surface area contributed by atoms with E-state index in [9.17, 15) is 4.39 Å². The zero-order chi connectivity index (χ0) is 11.7. The molecule has 0 fully saturated rings. The quantitative estimate of drug-likeness (QED) is 0.620. The lowest BCUT2D eigenvalue weighted by Crippen LogP contribution is -2.51. The predicted molar refractivity (Wildman–Crippen MR) is 62.1 cm³/mol. The predicted octanol–water partition coefficient (Wildman–Crippen LogP) is 4.69. The number of halogens is 1. The highest BCUT2D eigenvalue weighted by molar-refractivity contribution is 4.99. The number of hydrogen-bond acceptors (Lipinski definition) is 0. The first kappa shape index (κ1) is 13.9. The maximum absolute atomic E-state index is 14.8. The summed E-state index contributed by atoms with van der Waals surface area (Å²) < 4.78 is 14.8. The van der Waals surface area contributed by atoms with Gasteiger partial charge in [0.1, 0.15) is 5.67 Å². The first-order valence-electron chi connectivity index (χ1n) is 5.77. The van der Waals surface area contributed by atoms with Crippen molar-refractivity contribution in [3.05, 3.63) is 0 Å². The summed E-state index contributed by atoms with van der Waals surface area (Å²) in [7, 11) is 0. The molecule has 0 saturated heterocycles. The van der Waals surface area contributed by atoms with Crippen molar-refractivity contribution in [2.45, 2.75) is 61.1 Å². The smallest absolute Gasteiger partial charge is 0.116 e. The van der Waals surface area contributed by atoms with Gasteiger partial charge in [0, 0.05) is 5.41 Å². The molecule has 0 aromatic heterocycles. The molecule has 86 valence electrons. The van der Waals surface area contributed by atoms with Crippen LogP contribution in [0.5, 0.6) is 0 Å². The van der Waals surface area contributed by atoms with E-state index in [0.29, 0.717) is 11.8 Å². The summed E-state index contributed by atoms with van der Waals surface area (Å²) in [6.07, 6.45) is 0. The van der Waals surface area contributed by atoms with Crippen LogP contribution in [0.2, 0.25) is 0 Å². The SMILES string of the molecule is CC(C)C(C)(C(C)C)[C@@](C)(F)C(C)C. The number of rotatable bonds is 4. The molecule has 0 aliphatic heterocycles. The maximum atomic E-state index is 14.8. The molecule has 1 heteroatoms. The minimum atomic E-state index is -1.10. The van der Waals surface area contributed by atoms with Crippen molar-refractivity contribution in [3.8, 4) is 0 Å². The first-order valence-corrected chi connectivity index (χ1v) is 5.77. The molecule has 0 amide bonds. The van der Waals surface area contributed by atoms with E-state index < -0.39 is 5.67 Å². The average molecular weight is 202 g/mol. The lowest BCUT2D eigenvalue weighted by atomic mass is 9.58. The summed E-state index contributed by atoms with van der Waals surface area (Å²) in [5.41, 5.74) is -1.35. The van der Waals surface area contributed by atoms with E-state index in [2.05, 4.69) is 34.6 Å². The van der Waals surface area contributed by atoms with Gasteiger partial charge in [-0.2, -0.15) is 0 Å². The van der Waals surface area contributed by atoms with Crippen LogP contribution >= 0.6 is 0 Å². The summed E-state index contributed by atoms with van der Waals surface area (Å²) in [5, 5.41) is 0. The second-order valence-corrected chi connectivity index (χ2v) is 5.82. The normalized spacial score (nSPS) is 18.0. The Morgan fingerprint density at radius 2 is 1.00 bits per heavy atom. The molecule has 0 spiro atoms. The standard InChI is InChI=1S/C13H27F/c1-9(2)12(7,10(3)4)13(8,14)11(5)6/h9-11H,1-8H3/t13-/m0/s1. The van der Waals surface area contributed by atoms with E-state index in [1.807, 2.05) is 13.8 Å². The lowest BCUT2D eigenvalue weighted by Gasteiger charge is -2.49. The Hall–Kier alpha value is -0.0700. The second-order valence-electron chi connectivity index (χ2n) is 5.82. The average Bonchev–Trinajstić information content (AvgIpc) is 2.01. The molecule has 0 aliphatic carbocycles. The van der Waals surface area contributed by atoms with Crippen molar-refractivity contribution in [2.24, 2.45) is 23.2 Å². The molecule has 0 aliphatic rings. The Labute approximate surface area is 89.3 Å². The summed E-state index contributed by atoms with van der Waals surface area (Å²) in [4.78, 5) is 0. The fraction of sp³-hybridized carbons (Fsp3) is 1.00. The van der Waals surface area contributed by atoms with Crippen molar-refractivity contribution in [1.29, 1.82) is 0 Å². The van der Waals surface area contributed by atoms with Gasteiger partial charge < -0.3 is 0 Å². The van der Waals surface area contributed by atoms with Crippen LogP contribution in [0.1, 0.15) is 55.4 Å². The van der Waals surface area contributed by atoms with Crippen molar-refractivity contribution in [3.63, 3.8) is 0 Å². The van der Waals surface area contributed by atoms with Gasteiger partial charge in [-0.1, -0.05) is 48.5 Å². The van der Waals surface area contributed by atoms with Crippen LogP contribution in [0.25, 0.3) is 0 Å². The van der Waals surface area contributed by atoms with Crippen LogP contribution in [-0.4, -0.2) is 5.67 Å². The van der Waals surface area contributed by atoms with Crippen molar-refractivity contribution >= 4 is 0 Å². The summed E-state index contributed by atoms with van der Waals surface area (Å²) in [5.74, 6) is 0.789. The molecule has 0 aromatic rings. The van der Waals surface area contributed by atoms with Crippen LogP contribution < -0.4 is 0 Å². The van der Waals surface area contributed by atoms with Crippen LogP contribution in [0.4, 0.5) is 4.39 Å². The number of hydrogen-bond donors (Lipinski definition) is 0. The van der Waals surface area contributed by atoms with E-state index in [1.165, 1.54) is 0 Å². The van der Waals surface area contributed by atoms with E-state index in [0.717, 1.165) is 0 Å². The summed E-state index contributed by atoms with van der Waals surface area (Å²) in [6, 6.07) is 0. The molecule has 14 heavy (non-hydrogen) atoms. The Morgan fingerprint density at radius 3 is 1.07 bits per heavy atom. The van der Waals surface area contributed by atoms with Crippen LogP contribution in [0, 0.1) is 23.2 Å². The largest absolute Gasteiger partial charge is 0.243 e. The second kappa shape index (κ2) is 4.20. The van der Waals surface area contributed by atoms with Gasteiger partial charge in [-0.15, -0.1) is 0 Å². The van der Waals surface area contributed by atoms with Crippen LogP contribution in [0.3, 0.4) is 0 Å². The fourth-order valence-corrected chi connectivity index (χ4v) is 2.42. The monoisotopic (exact) mass is 202 g/mol. The Morgan fingerprint density at radius 1 is 0.714 bits per heavy atom. The molecule has 0 heterocycles. The maximum Gasteiger partial charge on any atom is 0.116 e. The highest BCUT2D eigenvalue weighted by Crippen LogP contribution is 2.50. The molecule has 1 atom stereocenters. The van der Waals surface area contributed by atoms with Crippen molar-refractivity contribution in [1.82, 2.24) is 0 Å². The lowest BCUT2D eigenvalue weighted by molar-refractivity contribution is -0.0826. The van der Waals surface area contributed by atoms with E-state index in [-0.39, 0.29) is 11.3 Å². The molecule has 0 nitrogen and oxygen atoms in total. The van der Waals surface area contributed by atoms with Crippen LogP contribution in [0.15, 0.2) is 0 Å².